The Labute approximate surface area is 99.2 Å². The minimum absolute atomic E-state index is 0.158. The van der Waals surface area contributed by atoms with E-state index in [9.17, 15) is 4.79 Å². The van der Waals surface area contributed by atoms with Crippen molar-refractivity contribution in [2.45, 2.75) is 44.4 Å². The number of aromatic nitrogens is 2. The van der Waals surface area contributed by atoms with E-state index in [1.54, 1.807) is 0 Å². The molecule has 5 heteroatoms. The molecule has 2 aliphatic rings. The molecule has 0 saturated heterocycles. The molecule has 2 aliphatic carbocycles. The number of nitrogens with zero attached hydrogens (tertiary/aromatic N) is 2. The molecule has 1 aromatic heterocycles. The lowest BCUT2D eigenvalue weighted by molar-refractivity contribution is -0.137. The van der Waals surface area contributed by atoms with Gasteiger partial charge >= 0.3 is 5.97 Å². The number of hydrogen-bond donors (Lipinski definition) is 1. The molecule has 1 heterocycles. The molecular formula is C12H16N2O3. The average Bonchev–Trinajstić information content (AvgIpc) is 2.76. The fourth-order valence-corrected chi connectivity index (χ4v) is 2.84. The van der Waals surface area contributed by atoms with Crippen molar-refractivity contribution in [1.82, 2.24) is 10.2 Å². The number of hydrogen-bond acceptors (Lipinski definition) is 4. The first-order valence-corrected chi connectivity index (χ1v) is 6.26. The summed E-state index contributed by atoms with van der Waals surface area (Å²) in [6, 6.07) is 0. The van der Waals surface area contributed by atoms with E-state index in [1.165, 1.54) is 19.3 Å². The van der Waals surface area contributed by atoms with Crippen molar-refractivity contribution < 1.29 is 14.3 Å². The molecule has 0 amide bonds. The maximum absolute atomic E-state index is 10.4. The number of carbonyl (C=O) groups is 1. The van der Waals surface area contributed by atoms with Crippen molar-refractivity contribution in [1.29, 1.82) is 0 Å². The zero-order chi connectivity index (χ0) is 11.8. The Morgan fingerprint density at radius 2 is 2.06 bits per heavy atom. The van der Waals surface area contributed by atoms with Crippen LogP contribution in [0.1, 0.15) is 49.8 Å². The molecule has 2 unspecified atom stereocenters. The Kier molecular flexibility index (Phi) is 2.61. The summed E-state index contributed by atoms with van der Waals surface area (Å²) in [5.74, 6) is 2.84. The zero-order valence-corrected chi connectivity index (χ0v) is 9.63. The summed E-state index contributed by atoms with van der Waals surface area (Å²) >= 11 is 0. The monoisotopic (exact) mass is 236 g/mol. The van der Waals surface area contributed by atoms with Crippen molar-refractivity contribution in [3.63, 3.8) is 0 Å². The highest BCUT2D eigenvalue weighted by Gasteiger charge is 2.47. The highest BCUT2D eigenvalue weighted by atomic mass is 16.4. The van der Waals surface area contributed by atoms with Gasteiger partial charge in [-0.3, -0.25) is 4.79 Å². The van der Waals surface area contributed by atoms with Gasteiger partial charge in [0.05, 0.1) is 0 Å². The second kappa shape index (κ2) is 4.13. The van der Waals surface area contributed by atoms with Crippen LogP contribution in [-0.4, -0.2) is 21.3 Å². The molecule has 5 nitrogen and oxygen atoms in total. The van der Waals surface area contributed by atoms with Crippen molar-refractivity contribution in [2.24, 2.45) is 11.8 Å². The Hall–Kier alpha value is -1.39. The third-order valence-corrected chi connectivity index (χ3v) is 3.86. The van der Waals surface area contributed by atoms with E-state index in [2.05, 4.69) is 10.2 Å². The summed E-state index contributed by atoms with van der Waals surface area (Å²) in [6.45, 7) is 0. The van der Waals surface area contributed by atoms with Crippen LogP contribution in [0.5, 0.6) is 0 Å². The molecular weight excluding hydrogens is 220 g/mol. The predicted molar refractivity (Wildman–Crippen MR) is 58.4 cm³/mol. The van der Waals surface area contributed by atoms with E-state index in [-0.39, 0.29) is 6.42 Å². The first-order chi connectivity index (χ1) is 8.22. The molecule has 1 aromatic rings. The number of carboxylic acid groups (broad SMARTS) is 1. The van der Waals surface area contributed by atoms with E-state index in [1.807, 2.05) is 0 Å². The van der Waals surface area contributed by atoms with E-state index in [0.29, 0.717) is 24.7 Å². The topological polar surface area (TPSA) is 76.2 Å². The second-order valence-electron chi connectivity index (χ2n) is 5.21. The molecule has 2 atom stereocenters. The smallest absolute Gasteiger partial charge is 0.303 e. The van der Waals surface area contributed by atoms with Crippen LogP contribution < -0.4 is 0 Å². The van der Waals surface area contributed by atoms with Crippen LogP contribution in [0.4, 0.5) is 0 Å². The van der Waals surface area contributed by atoms with Gasteiger partial charge in [0.15, 0.2) is 0 Å². The molecule has 0 aliphatic heterocycles. The Balaban J connectivity index is 1.53. The number of aliphatic carboxylic acids is 1. The molecule has 3 rings (SSSR count). The molecule has 0 aromatic carbocycles. The van der Waals surface area contributed by atoms with Crippen LogP contribution in [0, 0.1) is 11.8 Å². The van der Waals surface area contributed by atoms with Gasteiger partial charge in [0.25, 0.3) is 0 Å². The summed E-state index contributed by atoms with van der Waals surface area (Å²) in [7, 11) is 0. The van der Waals surface area contributed by atoms with Crippen molar-refractivity contribution in [3.05, 3.63) is 11.8 Å². The number of aryl methyl sites for hydroxylation is 1. The summed E-state index contributed by atoms with van der Waals surface area (Å²) in [6.07, 6.45) is 5.07. The number of rotatable bonds is 5. The van der Waals surface area contributed by atoms with Gasteiger partial charge in [0.1, 0.15) is 0 Å². The van der Waals surface area contributed by atoms with Gasteiger partial charge in [-0.2, -0.15) is 0 Å². The standard InChI is InChI=1S/C12H16N2O3/c15-11(16)3-1-2-10-13-14-12(17-10)9-5-7-4-8(7)6-9/h7-9H,1-6H2,(H,15,16). The average molecular weight is 236 g/mol. The molecule has 0 radical (unpaired) electrons. The molecule has 0 bridgehead atoms. The van der Waals surface area contributed by atoms with E-state index in [4.69, 9.17) is 9.52 Å². The second-order valence-corrected chi connectivity index (χ2v) is 5.21. The maximum Gasteiger partial charge on any atom is 0.303 e. The van der Waals surface area contributed by atoms with Gasteiger partial charge in [-0.05, 0) is 37.5 Å². The van der Waals surface area contributed by atoms with Crippen molar-refractivity contribution in [3.8, 4) is 0 Å². The van der Waals surface area contributed by atoms with Crippen LogP contribution in [0.25, 0.3) is 0 Å². The lowest BCUT2D eigenvalue weighted by Crippen LogP contribution is -1.96. The lowest BCUT2D eigenvalue weighted by atomic mass is 10.0. The Morgan fingerprint density at radius 3 is 2.76 bits per heavy atom. The van der Waals surface area contributed by atoms with Crippen LogP contribution in [-0.2, 0) is 11.2 Å². The number of carboxylic acids is 1. The minimum atomic E-state index is -0.777. The van der Waals surface area contributed by atoms with Crippen LogP contribution in [0.2, 0.25) is 0 Å². The fourth-order valence-electron chi connectivity index (χ4n) is 2.84. The molecule has 17 heavy (non-hydrogen) atoms. The van der Waals surface area contributed by atoms with Gasteiger partial charge in [-0.15, -0.1) is 10.2 Å². The Morgan fingerprint density at radius 1 is 1.29 bits per heavy atom. The summed E-state index contributed by atoms with van der Waals surface area (Å²) in [4.78, 5) is 10.4. The van der Waals surface area contributed by atoms with Gasteiger partial charge in [0.2, 0.25) is 11.8 Å². The van der Waals surface area contributed by atoms with E-state index >= 15 is 0 Å². The maximum atomic E-state index is 10.4. The van der Waals surface area contributed by atoms with Crippen LogP contribution in [0.15, 0.2) is 4.42 Å². The zero-order valence-electron chi connectivity index (χ0n) is 9.63. The first kappa shape index (κ1) is 10.7. The van der Waals surface area contributed by atoms with E-state index in [0.717, 1.165) is 17.7 Å². The van der Waals surface area contributed by atoms with Gasteiger partial charge in [-0.25, -0.2) is 0 Å². The molecule has 2 saturated carbocycles. The molecule has 92 valence electrons. The largest absolute Gasteiger partial charge is 0.481 e. The lowest BCUT2D eigenvalue weighted by Gasteiger charge is -2.04. The molecule has 2 fully saturated rings. The third kappa shape index (κ3) is 2.33. The Bertz CT molecular complexity index is 419. The number of fused-ring (bicyclic) bond motifs is 1. The highest BCUT2D eigenvalue weighted by Crippen LogP contribution is 2.57. The highest BCUT2D eigenvalue weighted by molar-refractivity contribution is 5.66. The van der Waals surface area contributed by atoms with Gasteiger partial charge in [-0.1, -0.05) is 0 Å². The van der Waals surface area contributed by atoms with E-state index < -0.39 is 5.97 Å². The summed E-state index contributed by atoms with van der Waals surface area (Å²) in [5.41, 5.74) is 0. The van der Waals surface area contributed by atoms with Gasteiger partial charge in [0, 0.05) is 18.8 Å². The van der Waals surface area contributed by atoms with Gasteiger partial charge < -0.3 is 9.52 Å². The normalized spacial score (nSPS) is 30.2. The first-order valence-electron chi connectivity index (χ1n) is 6.26. The SMILES string of the molecule is O=C(O)CCCc1nnc(C2CC3CC3C2)o1. The summed E-state index contributed by atoms with van der Waals surface area (Å²) in [5, 5.41) is 16.6. The third-order valence-electron chi connectivity index (χ3n) is 3.86. The van der Waals surface area contributed by atoms with Crippen molar-refractivity contribution >= 4 is 5.97 Å². The quantitative estimate of drug-likeness (QED) is 0.846. The fraction of sp³-hybridized carbons (Fsp3) is 0.750. The van der Waals surface area contributed by atoms with Crippen LogP contribution >= 0.6 is 0 Å². The van der Waals surface area contributed by atoms with Crippen LogP contribution in [0.3, 0.4) is 0 Å². The van der Waals surface area contributed by atoms with Crippen molar-refractivity contribution in [2.75, 3.05) is 0 Å². The minimum Gasteiger partial charge on any atom is -0.481 e. The summed E-state index contributed by atoms with van der Waals surface area (Å²) < 4.78 is 5.60. The molecule has 0 spiro atoms. The predicted octanol–water partition coefficient (Wildman–Crippen LogP) is 1.99. The molecule has 1 N–H and O–H groups in total.